The zero-order valence-electron chi connectivity index (χ0n) is 9.34. The third-order valence-electron chi connectivity index (χ3n) is 2.35. The Hall–Kier alpha value is -0.240. The molecule has 0 saturated heterocycles. The van der Waals surface area contributed by atoms with E-state index in [9.17, 15) is 9.18 Å². The number of rotatable bonds is 3. The summed E-state index contributed by atoms with van der Waals surface area (Å²) in [5.74, 6) is -0.581. The van der Waals surface area contributed by atoms with Gasteiger partial charge in [0.05, 0.1) is 13.1 Å². The van der Waals surface area contributed by atoms with E-state index in [-0.39, 0.29) is 18.3 Å². The molecular weight excluding hydrogens is 465 g/mol. The largest absolute Gasteiger partial charge is 0.348 e. The van der Waals surface area contributed by atoms with Crippen molar-refractivity contribution in [1.82, 2.24) is 5.32 Å². The standard InChI is InChI=1S/C12H7Br3FNOS/c13-7-1-2-9(16)6(3-7)5-17-12(18)8-4-10(14)19-11(8)15/h1-4H,5H2,(H,17,18). The summed E-state index contributed by atoms with van der Waals surface area (Å²) in [7, 11) is 0. The van der Waals surface area contributed by atoms with Crippen molar-refractivity contribution < 1.29 is 9.18 Å². The van der Waals surface area contributed by atoms with Crippen LogP contribution in [0.4, 0.5) is 4.39 Å². The summed E-state index contributed by atoms with van der Waals surface area (Å²) in [4.78, 5) is 12.0. The summed E-state index contributed by atoms with van der Waals surface area (Å²) in [6.07, 6.45) is 0. The molecule has 0 unspecified atom stereocenters. The smallest absolute Gasteiger partial charge is 0.253 e. The van der Waals surface area contributed by atoms with E-state index in [1.54, 1.807) is 18.2 Å². The van der Waals surface area contributed by atoms with Gasteiger partial charge in [0.1, 0.15) is 5.82 Å². The molecule has 0 aliphatic heterocycles. The molecule has 1 aromatic carbocycles. The first-order valence-electron chi connectivity index (χ1n) is 5.14. The summed E-state index contributed by atoms with van der Waals surface area (Å²) < 4.78 is 15.9. The minimum absolute atomic E-state index is 0.143. The lowest BCUT2D eigenvalue weighted by atomic mass is 10.2. The molecule has 19 heavy (non-hydrogen) atoms. The van der Waals surface area contributed by atoms with Gasteiger partial charge in [-0.1, -0.05) is 15.9 Å². The first-order valence-corrected chi connectivity index (χ1v) is 8.34. The summed E-state index contributed by atoms with van der Waals surface area (Å²) in [6.45, 7) is 0.143. The third kappa shape index (κ3) is 3.87. The molecule has 100 valence electrons. The van der Waals surface area contributed by atoms with Crippen LogP contribution in [-0.4, -0.2) is 5.91 Å². The molecule has 2 aromatic rings. The zero-order valence-corrected chi connectivity index (χ0v) is 14.9. The Balaban J connectivity index is 2.08. The molecule has 0 radical (unpaired) electrons. The predicted octanol–water partition coefficient (Wildman–Crippen LogP) is 5.10. The van der Waals surface area contributed by atoms with Crippen molar-refractivity contribution in [3.63, 3.8) is 0 Å². The Kier molecular flexibility index (Phi) is 5.16. The maximum atomic E-state index is 13.5. The number of carbonyl (C=O) groups is 1. The van der Waals surface area contributed by atoms with Crippen LogP contribution in [0.5, 0.6) is 0 Å². The SMILES string of the molecule is O=C(NCc1cc(Br)ccc1F)c1cc(Br)sc1Br. The van der Waals surface area contributed by atoms with Gasteiger partial charge in [-0.3, -0.25) is 4.79 Å². The van der Waals surface area contributed by atoms with Gasteiger partial charge in [-0.15, -0.1) is 11.3 Å². The average molecular weight is 472 g/mol. The topological polar surface area (TPSA) is 29.1 Å². The highest BCUT2D eigenvalue weighted by Gasteiger charge is 2.14. The van der Waals surface area contributed by atoms with Crippen LogP contribution in [0.1, 0.15) is 15.9 Å². The van der Waals surface area contributed by atoms with Crippen molar-refractivity contribution in [2.45, 2.75) is 6.54 Å². The van der Waals surface area contributed by atoms with Crippen LogP contribution >= 0.6 is 59.1 Å². The van der Waals surface area contributed by atoms with E-state index >= 15 is 0 Å². The van der Waals surface area contributed by atoms with Gasteiger partial charge in [-0.25, -0.2) is 4.39 Å². The van der Waals surface area contributed by atoms with E-state index in [0.717, 1.165) is 12.0 Å². The average Bonchev–Trinajstić information content (AvgIpc) is 2.69. The zero-order chi connectivity index (χ0) is 14.0. The first kappa shape index (κ1) is 15.2. The van der Waals surface area contributed by atoms with Gasteiger partial charge >= 0.3 is 0 Å². The van der Waals surface area contributed by atoms with Crippen LogP contribution in [0.2, 0.25) is 0 Å². The highest BCUT2D eigenvalue weighted by molar-refractivity contribution is 9.12. The lowest BCUT2D eigenvalue weighted by molar-refractivity contribution is 0.0950. The lowest BCUT2D eigenvalue weighted by Crippen LogP contribution is -2.23. The number of carbonyl (C=O) groups excluding carboxylic acids is 1. The van der Waals surface area contributed by atoms with E-state index in [0.29, 0.717) is 11.1 Å². The van der Waals surface area contributed by atoms with Crippen LogP contribution < -0.4 is 5.32 Å². The minimum atomic E-state index is -0.339. The first-order chi connectivity index (χ1) is 8.97. The Labute approximate surface area is 138 Å². The van der Waals surface area contributed by atoms with Gasteiger partial charge in [0.15, 0.2) is 0 Å². The van der Waals surface area contributed by atoms with E-state index in [1.165, 1.54) is 17.4 Å². The molecule has 1 heterocycles. The molecule has 2 rings (SSSR count). The summed E-state index contributed by atoms with van der Waals surface area (Å²) in [5.41, 5.74) is 0.973. The van der Waals surface area contributed by atoms with Crippen LogP contribution in [-0.2, 0) is 6.54 Å². The number of benzene rings is 1. The molecule has 0 fully saturated rings. The van der Waals surface area contributed by atoms with Crippen molar-refractivity contribution in [3.8, 4) is 0 Å². The Morgan fingerprint density at radius 1 is 1.26 bits per heavy atom. The highest BCUT2D eigenvalue weighted by Crippen LogP contribution is 2.31. The van der Waals surface area contributed by atoms with Crippen molar-refractivity contribution >= 4 is 65.0 Å². The number of amides is 1. The molecule has 0 aliphatic carbocycles. The van der Waals surface area contributed by atoms with Crippen molar-refractivity contribution in [2.24, 2.45) is 0 Å². The van der Waals surface area contributed by atoms with Crippen LogP contribution in [0, 0.1) is 5.82 Å². The second kappa shape index (κ2) is 6.47. The maximum absolute atomic E-state index is 13.5. The maximum Gasteiger partial charge on any atom is 0.253 e. The second-order valence-electron chi connectivity index (χ2n) is 3.66. The Bertz CT molecular complexity index is 629. The van der Waals surface area contributed by atoms with Gasteiger partial charge in [0, 0.05) is 16.6 Å². The summed E-state index contributed by atoms with van der Waals surface area (Å²) in [6, 6.07) is 6.35. The molecule has 0 spiro atoms. The monoisotopic (exact) mass is 469 g/mol. The van der Waals surface area contributed by atoms with Gasteiger partial charge in [0.2, 0.25) is 0 Å². The van der Waals surface area contributed by atoms with Crippen LogP contribution in [0.15, 0.2) is 36.3 Å². The van der Waals surface area contributed by atoms with Crippen molar-refractivity contribution in [3.05, 3.63) is 53.3 Å². The summed E-state index contributed by atoms with van der Waals surface area (Å²) in [5, 5.41) is 2.69. The minimum Gasteiger partial charge on any atom is -0.348 e. The number of hydrogen-bond acceptors (Lipinski definition) is 2. The normalized spacial score (nSPS) is 10.5. The Morgan fingerprint density at radius 2 is 2.00 bits per heavy atom. The molecule has 1 N–H and O–H groups in total. The molecule has 1 amide bonds. The quantitative estimate of drug-likeness (QED) is 0.662. The van der Waals surface area contributed by atoms with E-state index < -0.39 is 0 Å². The molecule has 0 aliphatic rings. The van der Waals surface area contributed by atoms with Crippen LogP contribution in [0.3, 0.4) is 0 Å². The van der Waals surface area contributed by atoms with Crippen LogP contribution in [0.25, 0.3) is 0 Å². The number of thiophene rings is 1. The number of nitrogens with one attached hydrogen (secondary N) is 1. The van der Waals surface area contributed by atoms with Gasteiger partial charge in [-0.2, -0.15) is 0 Å². The fourth-order valence-electron chi connectivity index (χ4n) is 1.44. The number of hydrogen-bond donors (Lipinski definition) is 1. The van der Waals surface area contributed by atoms with Crippen molar-refractivity contribution in [1.29, 1.82) is 0 Å². The van der Waals surface area contributed by atoms with E-state index in [4.69, 9.17) is 0 Å². The fraction of sp³-hybridized carbons (Fsp3) is 0.0833. The molecule has 0 bridgehead atoms. The van der Waals surface area contributed by atoms with E-state index in [1.807, 2.05) is 0 Å². The van der Waals surface area contributed by atoms with Gasteiger partial charge in [-0.05, 0) is 56.1 Å². The summed E-state index contributed by atoms with van der Waals surface area (Å²) >= 11 is 11.3. The van der Waals surface area contributed by atoms with E-state index in [2.05, 4.69) is 53.1 Å². The molecular formula is C12H7Br3FNOS. The highest BCUT2D eigenvalue weighted by atomic mass is 79.9. The number of halogens is 4. The predicted molar refractivity (Wildman–Crippen MR) is 85.0 cm³/mol. The van der Waals surface area contributed by atoms with Gasteiger partial charge < -0.3 is 5.32 Å². The molecule has 2 nitrogen and oxygen atoms in total. The van der Waals surface area contributed by atoms with Crippen molar-refractivity contribution in [2.75, 3.05) is 0 Å². The molecule has 0 atom stereocenters. The molecule has 1 aromatic heterocycles. The molecule has 0 saturated carbocycles. The van der Waals surface area contributed by atoms with Gasteiger partial charge in [0.25, 0.3) is 5.91 Å². The third-order valence-corrected chi connectivity index (χ3v) is 5.18. The lowest BCUT2D eigenvalue weighted by Gasteiger charge is -2.06. The molecule has 7 heteroatoms. The second-order valence-corrected chi connectivity index (χ2v) is 8.32. The fourth-order valence-corrected chi connectivity index (χ4v) is 4.65. The Morgan fingerprint density at radius 3 is 2.63 bits per heavy atom.